The monoisotopic (exact) mass is 315 g/mol. The zero-order chi connectivity index (χ0) is 15.9. The van der Waals surface area contributed by atoms with E-state index in [1.807, 2.05) is 54.8 Å². The van der Waals surface area contributed by atoms with E-state index in [4.69, 9.17) is 4.74 Å². The van der Waals surface area contributed by atoms with Gasteiger partial charge in [0.15, 0.2) is 6.10 Å². The topological polar surface area (TPSA) is 38.3 Å². The molecule has 0 aliphatic rings. The molecule has 1 amide bonds. The van der Waals surface area contributed by atoms with Crippen molar-refractivity contribution in [2.45, 2.75) is 31.3 Å². The number of benzene rings is 2. The Kier molecular flexibility index (Phi) is 5.90. The molecule has 0 heterocycles. The summed E-state index contributed by atoms with van der Waals surface area (Å²) in [4.78, 5) is 13.3. The lowest BCUT2D eigenvalue weighted by Crippen LogP contribution is -2.30. The third-order valence-corrected chi connectivity index (χ3v) is 4.11. The number of carbonyl (C=O) groups excluding carboxylic acids is 1. The second-order valence-corrected chi connectivity index (χ2v) is 5.85. The molecule has 0 aliphatic heterocycles. The van der Waals surface area contributed by atoms with Crippen molar-refractivity contribution in [2.75, 3.05) is 11.6 Å². The maximum absolute atomic E-state index is 12.2. The quantitative estimate of drug-likeness (QED) is 0.804. The lowest BCUT2D eigenvalue weighted by Gasteiger charge is -2.15. The molecule has 22 heavy (non-hydrogen) atoms. The van der Waals surface area contributed by atoms with E-state index in [-0.39, 0.29) is 5.91 Å². The Morgan fingerprint density at radius 1 is 1.14 bits per heavy atom. The Labute approximate surface area is 136 Å². The van der Waals surface area contributed by atoms with Crippen molar-refractivity contribution in [3.8, 4) is 5.75 Å². The van der Waals surface area contributed by atoms with Crippen LogP contribution in [-0.2, 0) is 11.2 Å². The van der Waals surface area contributed by atoms with Gasteiger partial charge in [-0.05, 0) is 61.6 Å². The summed E-state index contributed by atoms with van der Waals surface area (Å²) in [6, 6.07) is 15.6. The first-order valence-electron chi connectivity index (χ1n) is 7.33. The van der Waals surface area contributed by atoms with Crippen molar-refractivity contribution in [3.63, 3.8) is 0 Å². The lowest BCUT2D eigenvalue weighted by atomic mass is 10.1. The molecule has 0 radical (unpaired) electrons. The van der Waals surface area contributed by atoms with Gasteiger partial charge in [0.1, 0.15) is 5.75 Å². The summed E-state index contributed by atoms with van der Waals surface area (Å²) in [6.07, 6.45) is 2.46. The summed E-state index contributed by atoms with van der Waals surface area (Å²) in [5, 5.41) is 2.87. The number of thioether (sulfide) groups is 1. The SMILES string of the molecule is CCc1ccc(NC(=O)C(C)Oc2ccc(SC)cc2)cc1. The number of rotatable bonds is 6. The number of hydrogen-bond donors (Lipinski definition) is 1. The number of ether oxygens (including phenoxy) is 1. The summed E-state index contributed by atoms with van der Waals surface area (Å²) < 4.78 is 5.67. The second-order valence-electron chi connectivity index (χ2n) is 4.98. The van der Waals surface area contributed by atoms with Gasteiger partial charge in [-0.25, -0.2) is 0 Å². The average Bonchev–Trinajstić information content (AvgIpc) is 2.56. The molecule has 0 aromatic heterocycles. The highest BCUT2D eigenvalue weighted by Gasteiger charge is 2.14. The lowest BCUT2D eigenvalue weighted by molar-refractivity contribution is -0.122. The number of hydrogen-bond acceptors (Lipinski definition) is 3. The zero-order valence-electron chi connectivity index (χ0n) is 13.1. The molecule has 0 bridgehead atoms. The van der Waals surface area contributed by atoms with Crippen LogP contribution in [0, 0.1) is 0 Å². The highest BCUT2D eigenvalue weighted by Crippen LogP contribution is 2.20. The van der Waals surface area contributed by atoms with Gasteiger partial charge in [0.25, 0.3) is 5.91 Å². The van der Waals surface area contributed by atoms with Gasteiger partial charge in [0, 0.05) is 10.6 Å². The largest absolute Gasteiger partial charge is 0.481 e. The van der Waals surface area contributed by atoms with Crippen LogP contribution < -0.4 is 10.1 Å². The summed E-state index contributed by atoms with van der Waals surface area (Å²) in [6.45, 7) is 3.85. The summed E-state index contributed by atoms with van der Waals surface area (Å²) in [5.74, 6) is 0.542. The average molecular weight is 315 g/mol. The molecule has 0 fully saturated rings. The minimum atomic E-state index is -0.550. The predicted octanol–water partition coefficient (Wildman–Crippen LogP) is 4.38. The van der Waals surface area contributed by atoms with Crippen molar-refractivity contribution in [1.82, 2.24) is 0 Å². The van der Waals surface area contributed by atoms with Gasteiger partial charge in [0.05, 0.1) is 0 Å². The van der Waals surface area contributed by atoms with Gasteiger partial charge < -0.3 is 10.1 Å². The minimum absolute atomic E-state index is 0.154. The van der Waals surface area contributed by atoms with Gasteiger partial charge in [-0.15, -0.1) is 11.8 Å². The molecule has 1 unspecified atom stereocenters. The molecule has 2 aromatic carbocycles. The minimum Gasteiger partial charge on any atom is -0.481 e. The molecule has 0 saturated heterocycles. The Morgan fingerprint density at radius 3 is 2.32 bits per heavy atom. The van der Waals surface area contributed by atoms with Crippen molar-refractivity contribution in [2.24, 2.45) is 0 Å². The first-order valence-corrected chi connectivity index (χ1v) is 8.55. The van der Waals surface area contributed by atoms with E-state index in [2.05, 4.69) is 12.2 Å². The molecule has 4 heteroatoms. The van der Waals surface area contributed by atoms with Crippen LogP contribution in [0.25, 0.3) is 0 Å². The van der Waals surface area contributed by atoms with Crippen LogP contribution in [0.15, 0.2) is 53.4 Å². The van der Waals surface area contributed by atoms with E-state index in [1.54, 1.807) is 18.7 Å². The van der Waals surface area contributed by atoms with Gasteiger partial charge in [0.2, 0.25) is 0 Å². The van der Waals surface area contributed by atoms with Crippen LogP contribution in [0.1, 0.15) is 19.4 Å². The number of carbonyl (C=O) groups is 1. The second kappa shape index (κ2) is 7.90. The van der Waals surface area contributed by atoms with Crippen LogP contribution in [0.3, 0.4) is 0 Å². The van der Waals surface area contributed by atoms with Crippen molar-refractivity contribution in [3.05, 3.63) is 54.1 Å². The van der Waals surface area contributed by atoms with E-state index < -0.39 is 6.10 Å². The van der Waals surface area contributed by atoms with Crippen LogP contribution >= 0.6 is 11.8 Å². The third-order valence-electron chi connectivity index (χ3n) is 3.37. The highest BCUT2D eigenvalue weighted by atomic mass is 32.2. The molecule has 3 nitrogen and oxygen atoms in total. The maximum atomic E-state index is 12.2. The summed E-state index contributed by atoms with van der Waals surface area (Å²) in [7, 11) is 0. The maximum Gasteiger partial charge on any atom is 0.265 e. The Bertz CT molecular complexity index is 608. The number of nitrogens with one attached hydrogen (secondary N) is 1. The van der Waals surface area contributed by atoms with Gasteiger partial charge in [-0.2, -0.15) is 0 Å². The summed E-state index contributed by atoms with van der Waals surface area (Å²) in [5.41, 5.74) is 2.03. The fourth-order valence-electron chi connectivity index (χ4n) is 1.98. The number of anilines is 1. The zero-order valence-corrected chi connectivity index (χ0v) is 13.9. The molecule has 116 valence electrons. The summed E-state index contributed by atoms with van der Waals surface area (Å²) >= 11 is 1.67. The normalized spacial score (nSPS) is 11.8. The Balaban J connectivity index is 1.92. The molecule has 2 aromatic rings. The van der Waals surface area contributed by atoms with E-state index in [1.165, 1.54) is 10.5 Å². The highest BCUT2D eigenvalue weighted by molar-refractivity contribution is 7.98. The van der Waals surface area contributed by atoms with Crippen molar-refractivity contribution < 1.29 is 9.53 Å². The first kappa shape index (κ1) is 16.4. The van der Waals surface area contributed by atoms with Crippen molar-refractivity contribution >= 4 is 23.4 Å². The van der Waals surface area contributed by atoms with Crippen LogP contribution in [0.2, 0.25) is 0 Å². The molecular weight excluding hydrogens is 294 g/mol. The fraction of sp³-hybridized carbons (Fsp3) is 0.278. The molecular formula is C18H21NO2S. The van der Waals surface area contributed by atoms with E-state index >= 15 is 0 Å². The number of amides is 1. The molecule has 1 N–H and O–H groups in total. The smallest absolute Gasteiger partial charge is 0.265 e. The van der Waals surface area contributed by atoms with E-state index in [0.29, 0.717) is 5.75 Å². The van der Waals surface area contributed by atoms with E-state index in [0.717, 1.165) is 12.1 Å². The molecule has 2 rings (SSSR count). The standard InChI is InChI=1S/C18H21NO2S/c1-4-14-5-7-15(8-6-14)19-18(20)13(2)21-16-9-11-17(22-3)12-10-16/h5-13H,4H2,1-3H3,(H,19,20). The van der Waals surface area contributed by atoms with Gasteiger partial charge >= 0.3 is 0 Å². The first-order chi connectivity index (χ1) is 10.6. The van der Waals surface area contributed by atoms with E-state index in [9.17, 15) is 4.79 Å². The van der Waals surface area contributed by atoms with Gasteiger partial charge in [-0.1, -0.05) is 19.1 Å². The fourth-order valence-corrected chi connectivity index (χ4v) is 2.39. The van der Waals surface area contributed by atoms with Gasteiger partial charge in [-0.3, -0.25) is 4.79 Å². The third kappa shape index (κ3) is 4.53. The Morgan fingerprint density at radius 2 is 1.77 bits per heavy atom. The molecule has 1 atom stereocenters. The molecule has 0 aliphatic carbocycles. The van der Waals surface area contributed by atoms with Crippen LogP contribution in [0.5, 0.6) is 5.75 Å². The van der Waals surface area contributed by atoms with Crippen LogP contribution in [-0.4, -0.2) is 18.3 Å². The Hall–Kier alpha value is -1.94. The molecule has 0 saturated carbocycles. The molecule has 0 spiro atoms. The van der Waals surface area contributed by atoms with Crippen LogP contribution in [0.4, 0.5) is 5.69 Å². The predicted molar refractivity (Wildman–Crippen MR) is 92.8 cm³/mol. The number of aryl methyl sites for hydroxylation is 1. The van der Waals surface area contributed by atoms with Crippen molar-refractivity contribution in [1.29, 1.82) is 0 Å².